The minimum Gasteiger partial charge on any atom is -0.314 e. The molecule has 1 fully saturated rings. The Morgan fingerprint density at radius 2 is 2.47 bits per heavy atom. The first-order valence-electron chi connectivity index (χ1n) is 5.71. The predicted octanol–water partition coefficient (Wildman–Crippen LogP) is 1.89. The highest BCUT2D eigenvalue weighted by Gasteiger charge is 2.18. The van der Waals surface area contributed by atoms with Gasteiger partial charge in [0.25, 0.3) is 0 Å². The lowest BCUT2D eigenvalue weighted by molar-refractivity contribution is 0.191. The molecule has 3 heteroatoms. The number of nitrogens with one attached hydrogen (secondary N) is 1. The summed E-state index contributed by atoms with van der Waals surface area (Å²) in [5.74, 6) is 0. The van der Waals surface area contributed by atoms with Crippen LogP contribution in [0.3, 0.4) is 0 Å². The molecule has 1 atom stereocenters. The van der Waals surface area contributed by atoms with Crippen LogP contribution < -0.4 is 5.32 Å². The minimum absolute atomic E-state index is 0.722. The maximum absolute atomic E-state index is 3.47. The lowest BCUT2D eigenvalue weighted by Gasteiger charge is -2.33. The number of aryl methyl sites for hydroxylation is 2. The average molecular weight is 224 g/mol. The van der Waals surface area contributed by atoms with Crippen LogP contribution in [-0.2, 0) is 6.42 Å². The maximum Gasteiger partial charge on any atom is 0.0221 e. The molecular formula is C12H20N2S. The lowest BCUT2D eigenvalue weighted by Crippen LogP contribution is -2.49. The van der Waals surface area contributed by atoms with Gasteiger partial charge in [0.1, 0.15) is 0 Å². The van der Waals surface area contributed by atoms with Crippen molar-refractivity contribution in [1.29, 1.82) is 0 Å². The number of rotatable bonds is 3. The summed E-state index contributed by atoms with van der Waals surface area (Å²) >= 11 is 1.90. The summed E-state index contributed by atoms with van der Waals surface area (Å²) in [4.78, 5) is 4.05. The Kier molecular flexibility index (Phi) is 3.78. The molecule has 1 unspecified atom stereocenters. The van der Waals surface area contributed by atoms with Gasteiger partial charge in [-0.25, -0.2) is 0 Å². The van der Waals surface area contributed by atoms with Gasteiger partial charge in [0.15, 0.2) is 0 Å². The molecule has 1 aliphatic rings. The van der Waals surface area contributed by atoms with Gasteiger partial charge in [-0.2, -0.15) is 0 Å². The van der Waals surface area contributed by atoms with Crippen molar-refractivity contribution in [1.82, 2.24) is 10.2 Å². The molecule has 0 saturated carbocycles. The first-order chi connectivity index (χ1) is 7.27. The summed E-state index contributed by atoms with van der Waals surface area (Å²) in [7, 11) is 2.24. The highest BCUT2D eigenvalue weighted by molar-refractivity contribution is 7.10. The predicted molar refractivity (Wildman–Crippen MR) is 66.7 cm³/mol. The number of nitrogens with zero attached hydrogens (tertiary/aromatic N) is 1. The molecule has 1 aromatic rings. The third-order valence-electron chi connectivity index (χ3n) is 3.32. The van der Waals surface area contributed by atoms with Crippen LogP contribution in [0.5, 0.6) is 0 Å². The van der Waals surface area contributed by atoms with Crippen molar-refractivity contribution < 1.29 is 0 Å². The Bertz CT molecular complexity index is 308. The van der Waals surface area contributed by atoms with E-state index in [1.807, 2.05) is 11.3 Å². The van der Waals surface area contributed by atoms with Gasteiger partial charge in [-0.1, -0.05) is 0 Å². The zero-order valence-corrected chi connectivity index (χ0v) is 10.4. The second-order valence-corrected chi connectivity index (χ2v) is 5.40. The second kappa shape index (κ2) is 5.10. The molecule has 2 nitrogen and oxygen atoms in total. The monoisotopic (exact) mass is 224 g/mol. The van der Waals surface area contributed by atoms with Crippen molar-refractivity contribution in [2.75, 3.05) is 26.7 Å². The fourth-order valence-corrected chi connectivity index (χ4v) is 3.07. The van der Waals surface area contributed by atoms with Crippen molar-refractivity contribution in [2.24, 2.45) is 0 Å². The summed E-state index contributed by atoms with van der Waals surface area (Å²) in [6, 6.07) is 2.95. The maximum atomic E-state index is 3.47. The van der Waals surface area contributed by atoms with E-state index in [0.29, 0.717) is 0 Å². The lowest BCUT2D eigenvalue weighted by atomic mass is 10.1. The normalized spacial score (nSPS) is 23.2. The molecule has 2 heterocycles. The fourth-order valence-electron chi connectivity index (χ4n) is 2.14. The molecule has 0 aliphatic carbocycles. The fraction of sp³-hybridized carbons (Fsp3) is 0.667. The molecule has 15 heavy (non-hydrogen) atoms. The van der Waals surface area contributed by atoms with E-state index in [0.717, 1.165) is 19.1 Å². The zero-order valence-electron chi connectivity index (χ0n) is 9.62. The van der Waals surface area contributed by atoms with Crippen molar-refractivity contribution in [3.05, 3.63) is 21.9 Å². The topological polar surface area (TPSA) is 15.3 Å². The molecule has 84 valence electrons. The molecule has 0 bridgehead atoms. The van der Waals surface area contributed by atoms with Crippen LogP contribution in [0.25, 0.3) is 0 Å². The Balaban J connectivity index is 1.84. The number of hydrogen-bond acceptors (Lipinski definition) is 3. The molecule has 0 aromatic carbocycles. The SMILES string of the molecule is Cc1ccsc1CCC1CNCCN1C. The van der Waals surface area contributed by atoms with Crippen LogP contribution in [0.2, 0.25) is 0 Å². The first-order valence-corrected chi connectivity index (χ1v) is 6.59. The Hall–Kier alpha value is -0.380. The van der Waals surface area contributed by atoms with Gasteiger partial charge < -0.3 is 10.2 Å². The van der Waals surface area contributed by atoms with Gasteiger partial charge in [0.2, 0.25) is 0 Å². The quantitative estimate of drug-likeness (QED) is 0.843. The highest BCUT2D eigenvalue weighted by atomic mass is 32.1. The van der Waals surface area contributed by atoms with E-state index in [9.17, 15) is 0 Å². The average Bonchev–Trinajstić information content (AvgIpc) is 2.63. The Morgan fingerprint density at radius 3 is 3.13 bits per heavy atom. The van der Waals surface area contributed by atoms with E-state index in [2.05, 4.69) is 35.6 Å². The third kappa shape index (κ3) is 2.80. The van der Waals surface area contributed by atoms with Gasteiger partial charge in [0.05, 0.1) is 0 Å². The van der Waals surface area contributed by atoms with Crippen molar-refractivity contribution in [3.8, 4) is 0 Å². The van der Waals surface area contributed by atoms with Crippen LogP contribution in [-0.4, -0.2) is 37.6 Å². The van der Waals surface area contributed by atoms with E-state index < -0.39 is 0 Å². The summed E-state index contributed by atoms with van der Waals surface area (Å²) in [5.41, 5.74) is 1.46. The van der Waals surface area contributed by atoms with Gasteiger partial charge in [-0.15, -0.1) is 11.3 Å². The molecule has 0 spiro atoms. The number of likely N-dealkylation sites (N-methyl/N-ethyl adjacent to an activating group) is 1. The van der Waals surface area contributed by atoms with E-state index in [1.54, 1.807) is 4.88 Å². The largest absolute Gasteiger partial charge is 0.314 e. The molecular weight excluding hydrogens is 204 g/mol. The van der Waals surface area contributed by atoms with Crippen LogP contribution >= 0.6 is 11.3 Å². The van der Waals surface area contributed by atoms with Crippen molar-refractivity contribution >= 4 is 11.3 Å². The van der Waals surface area contributed by atoms with Crippen molar-refractivity contribution in [2.45, 2.75) is 25.8 Å². The summed E-state index contributed by atoms with van der Waals surface area (Å²) < 4.78 is 0. The van der Waals surface area contributed by atoms with Crippen LogP contribution in [0.1, 0.15) is 16.9 Å². The molecule has 2 rings (SSSR count). The van der Waals surface area contributed by atoms with E-state index in [1.165, 1.54) is 24.9 Å². The summed E-state index contributed by atoms with van der Waals surface area (Å²) in [6.45, 7) is 5.70. The minimum atomic E-state index is 0.722. The Morgan fingerprint density at radius 1 is 1.60 bits per heavy atom. The summed E-state index contributed by atoms with van der Waals surface area (Å²) in [6.07, 6.45) is 2.52. The third-order valence-corrected chi connectivity index (χ3v) is 4.40. The van der Waals surface area contributed by atoms with E-state index in [-0.39, 0.29) is 0 Å². The van der Waals surface area contributed by atoms with Gasteiger partial charge in [-0.05, 0) is 43.8 Å². The molecule has 1 aromatic heterocycles. The second-order valence-electron chi connectivity index (χ2n) is 4.40. The van der Waals surface area contributed by atoms with Crippen LogP contribution in [0.15, 0.2) is 11.4 Å². The standard InChI is InChI=1S/C12H20N2S/c1-10-5-8-15-12(10)4-3-11-9-13-6-7-14(11)2/h5,8,11,13H,3-4,6-7,9H2,1-2H3. The highest BCUT2D eigenvalue weighted by Crippen LogP contribution is 2.19. The smallest absolute Gasteiger partial charge is 0.0221 e. The number of hydrogen-bond donors (Lipinski definition) is 1. The van der Waals surface area contributed by atoms with Gasteiger partial charge in [-0.3, -0.25) is 0 Å². The van der Waals surface area contributed by atoms with Crippen LogP contribution in [0, 0.1) is 6.92 Å². The molecule has 1 saturated heterocycles. The molecule has 0 radical (unpaired) electrons. The molecule has 0 amide bonds. The zero-order chi connectivity index (χ0) is 10.7. The molecule has 1 aliphatic heterocycles. The number of thiophene rings is 1. The Labute approximate surface area is 96.3 Å². The van der Waals surface area contributed by atoms with Crippen molar-refractivity contribution in [3.63, 3.8) is 0 Å². The van der Waals surface area contributed by atoms with Gasteiger partial charge in [0, 0.05) is 30.6 Å². The summed E-state index contributed by atoms with van der Waals surface area (Å²) in [5, 5.41) is 5.67. The van der Waals surface area contributed by atoms with Gasteiger partial charge >= 0.3 is 0 Å². The van der Waals surface area contributed by atoms with E-state index >= 15 is 0 Å². The van der Waals surface area contributed by atoms with E-state index in [4.69, 9.17) is 0 Å². The van der Waals surface area contributed by atoms with Crippen LogP contribution in [0.4, 0.5) is 0 Å². The number of piperazine rings is 1. The first kappa shape index (κ1) is 11.1. The molecule has 1 N–H and O–H groups in total.